The van der Waals surface area contributed by atoms with E-state index in [0.29, 0.717) is 5.75 Å². The molecular weight excluding hydrogens is 274 g/mol. The van der Waals surface area contributed by atoms with Crippen LogP contribution in [0, 0.1) is 6.92 Å². The minimum absolute atomic E-state index is 0.108. The maximum atomic E-state index is 11.7. The minimum atomic E-state index is -1.27. The Balaban J connectivity index is 1.98. The maximum absolute atomic E-state index is 11.7. The van der Waals surface area contributed by atoms with E-state index in [1.54, 1.807) is 12.1 Å². The first-order chi connectivity index (χ1) is 10.1. The fraction of sp³-hybridized carbons (Fsp3) is 0.143. The second kappa shape index (κ2) is 6.47. The van der Waals surface area contributed by atoms with Gasteiger partial charge < -0.3 is 15.2 Å². The van der Waals surface area contributed by atoms with E-state index in [-0.39, 0.29) is 18.1 Å². The third-order valence-corrected chi connectivity index (χ3v) is 2.52. The number of carbonyl (C=O) groups excluding carboxylic acids is 1. The molecule has 0 saturated carbocycles. The highest BCUT2D eigenvalue weighted by molar-refractivity contribution is 5.98. The van der Waals surface area contributed by atoms with Crippen LogP contribution >= 0.6 is 0 Å². The number of aromatic carboxylic acids is 1. The third-order valence-electron chi connectivity index (χ3n) is 2.52. The second-order valence-electron chi connectivity index (χ2n) is 4.21. The van der Waals surface area contributed by atoms with Gasteiger partial charge in [0.05, 0.1) is 0 Å². The highest BCUT2D eigenvalue weighted by atomic mass is 16.5. The summed E-state index contributed by atoms with van der Waals surface area (Å²) >= 11 is 0. The summed E-state index contributed by atoms with van der Waals surface area (Å²) in [6, 6.07) is 7.24. The van der Waals surface area contributed by atoms with Gasteiger partial charge in [0.2, 0.25) is 0 Å². The number of carbonyl (C=O) groups is 2. The van der Waals surface area contributed by atoms with Crippen molar-refractivity contribution in [2.45, 2.75) is 6.92 Å². The first-order valence-corrected chi connectivity index (χ1v) is 6.10. The number of aryl methyl sites for hydroxylation is 1. The van der Waals surface area contributed by atoms with Crippen LogP contribution in [0.5, 0.6) is 5.75 Å². The SMILES string of the molecule is Cc1cccc(OCC(=O)Nc2nccnc2C(=O)O)c1. The summed E-state index contributed by atoms with van der Waals surface area (Å²) < 4.78 is 5.31. The lowest BCUT2D eigenvalue weighted by Gasteiger charge is -2.08. The van der Waals surface area contributed by atoms with Gasteiger partial charge in [-0.25, -0.2) is 14.8 Å². The van der Waals surface area contributed by atoms with Crippen molar-refractivity contribution in [3.63, 3.8) is 0 Å². The number of amides is 1. The van der Waals surface area contributed by atoms with Crippen LogP contribution in [0.25, 0.3) is 0 Å². The van der Waals surface area contributed by atoms with E-state index in [4.69, 9.17) is 9.84 Å². The molecule has 108 valence electrons. The number of benzene rings is 1. The van der Waals surface area contributed by atoms with Crippen LogP contribution in [-0.2, 0) is 4.79 Å². The van der Waals surface area contributed by atoms with Crippen LogP contribution in [0.1, 0.15) is 16.1 Å². The molecule has 0 atom stereocenters. The van der Waals surface area contributed by atoms with Crippen molar-refractivity contribution in [1.82, 2.24) is 9.97 Å². The van der Waals surface area contributed by atoms with Crippen molar-refractivity contribution in [3.8, 4) is 5.75 Å². The normalized spacial score (nSPS) is 9.95. The predicted octanol–water partition coefficient (Wildman–Crippen LogP) is 1.50. The van der Waals surface area contributed by atoms with E-state index in [9.17, 15) is 9.59 Å². The van der Waals surface area contributed by atoms with E-state index in [1.165, 1.54) is 12.4 Å². The van der Waals surface area contributed by atoms with Gasteiger partial charge in [-0.2, -0.15) is 0 Å². The lowest BCUT2D eigenvalue weighted by atomic mass is 10.2. The average molecular weight is 287 g/mol. The van der Waals surface area contributed by atoms with Crippen molar-refractivity contribution in [2.24, 2.45) is 0 Å². The van der Waals surface area contributed by atoms with Crippen molar-refractivity contribution >= 4 is 17.7 Å². The van der Waals surface area contributed by atoms with Crippen molar-refractivity contribution in [1.29, 1.82) is 0 Å². The van der Waals surface area contributed by atoms with Crippen molar-refractivity contribution in [3.05, 3.63) is 47.9 Å². The number of carboxylic acid groups (broad SMARTS) is 1. The summed E-state index contributed by atoms with van der Waals surface area (Å²) in [4.78, 5) is 30.1. The molecule has 7 heteroatoms. The Labute approximate surface area is 120 Å². The molecule has 7 nitrogen and oxygen atoms in total. The number of anilines is 1. The van der Waals surface area contributed by atoms with Gasteiger partial charge in [-0.1, -0.05) is 12.1 Å². The molecule has 1 amide bonds. The van der Waals surface area contributed by atoms with Gasteiger partial charge in [-0.05, 0) is 24.6 Å². The molecule has 0 aliphatic carbocycles. The smallest absolute Gasteiger partial charge is 0.358 e. The average Bonchev–Trinajstić information content (AvgIpc) is 2.45. The first-order valence-electron chi connectivity index (χ1n) is 6.10. The molecule has 1 heterocycles. The van der Waals surface area contributed by atoms with E-state index >= 15 is 0 Å². The molecule has 2 rings (SSSR count). The van der Waals surface area contributed by atoms with Gasteiger partial charge in [0.1, 0.15) is 5.75 Å². The van der Waals surface area contributed by atoms with Gasteiger partial charge in [0.15, 0.2) is 18.1 Å². The monoisotopic (exact) mass is 287 g/mol. The van der Waals surface area contributed by atoms with Crippen LogP contribution in [0.4, 0.5) is 5.82 Å². The molecule has 0 spiro atoms. The van der Waals surface area contributed by atoms with E-state index in [1.807, 2.05) is 19.1 Å². The summed E-state index contributed by atoms with van der Waals surface area (Å²) in [6.45, 7) is 1.66. The molecule has 0 aliphatic rings. The highest BCUT2D eigenvalue weighted by Gasteiger charge is 2.15. The lowest BCUT2D eigenvalue weighted by molar-refractivity contribution is -0.118. The molecule has 1 aromatic carbocycles. The molecule has 2 aromatic rings. The molecular formula is C14H13N3O4. The number of hydrogen-bond acceptors (Lipinski definition) is 5. The van der Waals surface area contributed by atoms with Crippen LogP contribution in [-0.4, -0.2) is 33.6 Å². The third kappa shape index (κ3) is 4.00. The standard InChI is InChI=1S/C14H13N3O4/c1-9-3-2-4-10(7-9)21-8-11(18)17-13-12(14(19)20)15-5-6-16-13/h2-7H,8H2,1H3,(H,19,20)(H,16,17,18). The number of hydrogen-bond donors (Lipinski definition) is 2. The molecule has 0 aliphatic heterocycles. The summed E-state index contributed by atoms with van der Waals surface area (Å²) in [5.41, 5.74) is 0.691. The molecule has 0 saturated heterocycles. The quantitative estimate of drug-likeness (QED) is 0.864. The van der Waals surface area contributed by atoms with Gasteiger partial charge in [-0.3, -0.25) is 4.79 Å². The molecule has 0 radical (unpaired) electrons. The second-order valence-corrected chi connectivity index (χ2v) is 4.21. The number of nitrogens with zero attached hydrogens (tertiary/aromatic N) is 2. The van der Waals surface area contributed by atoms with Gasteiger partial charge in [0.25, 0.3) is 5.91 Å². The van der Waals surface area contributed by atoms with E-state index in [2.05, 4.69) is 15.3 Å². The van der Waals surface area contributed by atoms with Crippen molar-refractivity contribution < 1.29 is 19.4 Å². The maximum Gasteiger partial charge on any atom is 0.358 e. The van der Waals surface area contributed by atoms with Gasteiger partial charge in [-0.15, -0.1) is 0 Å². The molecule has 0 bridgehead atoms. The zero-order valence-corrected chi connectivity index (χ0v) is 11.2. The highest BCUT2D eigenvalue weighted by Crippen LogP contribution is 2.12. The fourth-order valence-corrected chi connectivity index (χ4v) is 1.61. The summed E-state index contributed by atoms with van der Waals surface area (Å²) in [5.74, 6) is -1.33. The Bertz CT molecular complexity index is 673. The number of rotatable bonds is 5. The zero-order valence-electron chi connectivity index (χ0n) is 11.2. The molecule has 0 fully saturated rings. The Morgan fingerprint density at radius 3 is 2.76 bits per heavy atom. The number of carboxylic acids is 1. The van der Waals surface area contributed by atoms with Crippen LogP contribution < -0.4 is 10.1 Å². The summed E-state index contributed by atoms with van der Waals surface area (Å²) in [6.07, 6.45) is 2.53. The minimum Gasteiger partial charge on any atom is -0.484 e. The Kier molecular flexibility index (Phi) is 4.45. The Morgan fingerprint density at radius 1 is 1.29 bits per heavy atom. The molecule has 0 unspecified atom stereocenters. The van der Waals surface area contributed by atoms with Crippen molar-refractivity contribution in [2.75, 3.05) is 11.9 Å². The van der Waals surface area contributed by atoms with Crippen LogP contribution in [0.2, 0.25) is 0 Å². The topological polar surface area (TPSA) is 101 Å². The van der Waals surface area contributed by atoms with E-state index < -0.39 is 11.9 Å². The predicted molar refractivity (Wildman–Crippen MR) is 74.3 cm³/mol. The van der Waals surface area contributed by atoms with Crippen LogP contribution in [0.3, 0.4) is 0 Å². The summed E-state index contributed by atoms with van der Waals surface area (Å²) in [5, 5.41) is 11.3. The molecule has 2 N–H and O–H groups in total. The van der Waals surface area contributed by atoms with Gasteiger partial charge in [0, 0.05) is 12.4 Å². The first kappa shape index (κ1) is 14.4. The zero-order chi connectivity index (χ0) is 15.2. The fourth-order valence-electron chi connectivity index (χ4n) is 1.61. The number of ether oxygens (including phenoxy) is 1. The molecule has 21 heavy (non-hydrogen) atoms. The summed E-state index contributed by atoms with van der Waals surface area (Å²) in [7, 11) is 0. The lowest BCUT2D eigenvalue weighted by Crippen LogP contribution is -2.22. The number of aromatic nitrogens is 2. The largest absolute Gasteiger partial charge is 0.484 e. The Morgan fingerprint density at radius 2 is 2.05 bits per heavy atom. The Hall–Kier alpha value is -2.96. The van der Waals surface area contributed by atoms with Crippen LogP contribution in [0.15, 0.2) is 36.7 Å². The van der Waals surface area contributed by atoms with E-state index in [0.717, 1.165) is 5.56 Å². The molecule has 1 aromatic heterocycles. The number of nitrogens with one attached hydrogen (secondary N) is 1. The van der Waals surface area contributed by atoms with Gasteiger partial charge >= 0.3 is 5.97 Å².